The summed E-state index contributed by atoms with van der Waals surface area (Å²) in [5.41, 5.74) is 5.90. The van der Waals surface area contributed by atoms with Gasteiger partial charge in [0.15, 0.2) is 6.10 Å². The number of esters is 1. The summed E-state index contributed by atoms with van der Waals surface area (Å²) >= 11 is 0. The number of carbonyl (C=O) groups is 1. The van der Waals surface area contributed by atoms with Crippen LogP contribution in [0.3, 0.4) is 0 Å². The average Bonchev–Trinajstić information content (AvgIpc) is 2.92. The molecule has 7 heteroatoms. The number of allylic oxidation sites excluding steroid dienone is 3. The van der Waals surface area contributed by atoms with Crippen molar-refractivity contribution in [3.05, 3.63) is 76.3 Å². The summed E-state index contributed by atoms with van der Waals surface area (Å²) in [6, 6.07) is 8.47. The standard InChI is InChI=1S/C37H53N3O4/c1-25(2)43-35(41)34(44-36(6,7)8)32-28(5)39-24-30(33(32)40-20-18-37(9,10)19-21-40)31(38-11)16-15-27(4)42-22-17-29-14-12-13-26(3)23-29/h12-16,23-25,34H,11,17-22H2,1-10H3/b27-15+,31-16-/t34-/m0/s1. The lowest BCUT2D eigenvalue weighted by atomic mass is 9.82. The molecule has 1 atom stereocenters. The van der Waals surface area contributed by atoms with Crippen LogP contribution in [0.15, 0.2) is 53.4 Å². The number of anilines is 1. The smallest absolute Gasteiger partial charge is 0.340 e. The average molecular weight is 604 g/mol. The van der Waals surface area contributed by atoms with Crippen molar-refractivity contribution in [1.29, 1.82) is 0 Å². The van der Waals surface area contributed by atoms with E-state index in [-0.39, 0.29) is 11.5 Å². The third-order valence-corrected chi connectivity index (χ3v) is 7.75. The minimum Gasteiger partial charge on any atom is -0.498 e. The number of ether oxygens (including phenoxy) is 3. The largest absolute Gasteiger partial charge is 0.498 e. The van der Waals surface area contributed by atoms with E-state index in [4.69, 9.17) is 19.2 Å². The van der Waals surface area contributed by atoms with E-state index in [0.717, 1.165) is 55.1 Å². The fraction of sp³-hybridized carbons (Fsp3) is 0.541. The van der Waals surface area contributed by atoms with Crippen LogP contribution >= 0.6 is 0 Å². The predicted molar refractivity (Wildman–Crippen MR) is 181 cm³/mol. The number of aliphatic imine (C=N–C) groups is 1. The highest BCUT2D eigenvalue weighted by molar-refractivity contribution is 5.86. The molecule has 0 unspecified atom stereocenters. The molecule has 1 aromatic heterocycles. The molecule has 240 valence electrons. The van der Waals surface area contributed by atoms with Gasteiger partial charge >= 0.3 is 5.97 Å². The van der Waals surface area contributed by atoms with E-state index in [1.165, 1.54) is 11.1 Å². The number of aryl methyl sites for hydroxylation is 2. The van der Waals surface area contributed by atoms with Crippen molar-refractivity contribution in [2.24, 2.45) is 10.4 Å². The van der Waals surface area contributed by atoms with Gasteiger partial charge in [0.1, 0.15) is 0 Å². The molecule has 0 spiro atoms. The highest BCUT2D eigenvalue weighted by atomic mass is 16.6. The molecule has 0 aliphatic carbocycles. The fourth-order valence-corrected chi connectivity index (χ4v) is 5.33. The summed E-state index contributed by atoms with van der Waals surface area (Å²) in [5, 5.41) is 0. The van der Waals surface area contributed by atoms with Crippen molar-refractivity contribution in [2.45, 2.75) is 106 Å². The maximum atomic E-state index is 13.6. The minimum absolute atomic E-state index is 0.238. The summed E-state index contributed by atoms with van der Waals surface area (Å²) in [7, 11) is 0. The van der Waals surface area contributed by atoms with E-state index < -0.39 is 17.7 Å². The maximum absolute atomic E-state index is 13.6. The van der Waals surface area contributed by atoms with Gasteiger partial charge in [-0.25, -0.2) is 4.79 Å². The maximum Gasteiger partial charge on any atom is 0.340 e. The SMILES string of the molecule is C=N/C(=C\C=C(/C)OCCc1cccc(C)c1)c1cnc(C)c([C@H](OC(C)(C)C)C(=O)OC(C)C)c1N1CCC(C)(C)CC1. The zero-order valence-electron chi connectivity index (χ0n) is 28.6. The van der Waals surface area contributed by atoms with Gasteiger partial charge < -0.3 is 19.1 Å². The van der Waals surface area contributed by atoms with Gasteiger partial charge in [-0.15, -0.1) is 0 Å². The normalized spacial score (nSPS) is 16.6. The second kappa shape index (κ2) is 15.0. The highest BCUT2D eigenvalue weighted by Gasteiger charge is 2.37. The molecule has 0 amide bonds. The first-order chi connectivity index (χ1) is 20.6. The molecule has 1 aromatic carbocycles. The lowest BCUT2D eigenvalue weighted by Gasteiger charge is -2.41. The van der Waals surface area contributed by atoms with Crippen molar-refractivity contribution < 1.29 is 19.0 Å². The molecule has 1 saturated heterocycles. The van der Waals surface area contributed by atoms with Gasteiger partial charge in [0.25, 0.3) is 0 Å². The fourth-order valence-electron chi connectivity index (χ4n) is 5.33. The minimum atomic E-state index is -0.955. The Labute approximate surface area is 265 Å². The topological polar surface area (TPSA) is 73.2 Å². The van der Waals surface area contributed by atoms with Crippen molar-refractivity contribution in [1.82, 2.24) is 4.98 Å². The Hall–Kier alpha value is -3.45. The number of rotatable bonds is 12. The van der Waals surface area contributed by atoms with E-state index in [2.05, 4.69) is 61.6 Å². The molecule has 0 N–H and O–H groups in total. The molecule has 1 fully saturated rings. The van der Waals surface area contributed by atoms with Crippen LogP contribution in [0.4, 0.5) is 5.69 Å². The first-order valence-corrected chi connectivity index (χ1v) is 15.8. The van der Waals surface area contributed by atoms with Crippen molar-refractivity contribution in [3.8, 4) is 0 Å². The molecule has 1 aliphatic heterocycles. The van der Waals surface area contributed by atoms with Gasteiger partial charge in [0, 0.05) is 42.5 Å². The van der Waals surface area contributed by atoms with Crippen LogP contribution in [0.5, 0.6) is 0 Å². The summed E-state index contributed by atoms with van der Waals surface area (Å²) in [5.74, 6) is 0.347. The molecule has 0 radical (unpaired) electrons. The molecule has 44 heavy (non-hydrogen) atoms. The third kappa shape index (κ3) is 10.0. The van der Waals surface area contributed by atoms with E-state index >= 15 is 0 Å². The number of nitrogens with zero attached hydrogens (tertiary/aromatic N) is 3. The van der Waals surface area contributed by atoms with E-state index in [0.29, 0.717) is 17.9 Å². The third-order valence-electron chi connectivity index (χ3n) is 7.75. The van der Waals surface area contributed by atoms with Crippen LogP contribution in [-0.2, 0) is 25.4 Å². The van der Waals surface area contributed by atoms with Crippen LogP contribution in [0.1, 0.15) is 102 Å². The van der Waals surface area contributed by atoms with Gasteiger partial charge in [-0.2, -0.15) is 0 Å². The molecule has 2 aromatic rings. The number of pyridine rings is 1. The van der Waals surface area contributed by atoms with Crippen LogP contribution in [0, 0.1) is 19.3 Å². The number of hydrogen-bond donors (Lipinski definition) is 0. The van der Waals surface area contributed by atoms with Crippen molar-refractivity contribution >= 4 is 24.1 Å². The second-order valence-electron chi connectivity index (χ2n) is 13.8. The number of aromatic nitrogens is 1. The van der Waals surface area contributed by atoms with E-state index in [9.17, 15) is 4.79 Å². The van der Waals surface area contributed by atoms with Gasteiger partial charge in [0.05, 0.1) is 35.5 Å². The Bertz CT molecular complexity index is 1360. The van der Waals surface area contributed by atoms with E-state index in [1.807, 2.05) is 66.8 Å². The first kappa shape index (κ1) is 35.0. The predicted octanol–water partition coefficient (Wildman–Crippen LogP) is 8.34. The van der Waals surface area contributed by atoms with Crippen LogP contribution in [0.25, 0.3) is 5.70 Å². The Balaban J connectivity index is 2.06. The van der Waals surface area contributed by atoms with Crippen LogP contribution in [0.2, 0.25) is 0 Å². The Kier molecular flexibility index (Phi) is 12.0. The van der Waals surface area contributed by atoms with Gasteiger partial charge in [0.2, 0.25) is 0 Å². The van der Waals surface area contributed by atoms with Crippen LogP contribution in [-0.4, -0.2) is 49.1 Å². The lowest BCUT2D eigenvalue weighted by molar-refractivity contribution is -0.171. The number of hydrogen-bond acceptors (Lipinski definition) is 7. The summed E-state index contributed by atoms with van der Waals surface area (Å²) in [4.78, 5) is 25.2. The highest BCUT2D eigenvalue weighted by Crippen LogP contribution is 2.42. The molecule has 3 rings (SSSR count). The quantitative estimate of drug-likeness (QED) is 0.105. The van der Waals surface area contributed by atoms with E-state index in [1.54, 1.807) is 0 Å². The Morgan fingerprint density at radius 2 is 1.84 bits per heavy atom. The number of piperidine rings is 1. The monoisotopic (exact) mass is 603 g/mol. The molecule has 1 aliphatic rings. The molecular weight excluding hydrogens is 550 g/mol. The van der Waals surface area contributed by atoms with Gasteiger partial charge in [-0.05, 0) is 98.1 Å². The second-order valence-corrected chi connectivity index (χ2v) is 13.8. The Morgan fingerprint density at radius 1 is 1.16 bits per heavy atom. The van der Waals surface area contributed by atoms with Crippen molar-refractivity contribution in [3.63, 3.8) is 0 Å². The van der Waals surface area contributed by atoms with Crippen molar-refractivity contribution in [2.75, 3.05) is 24.6 Å². The Morgan fingerprint density at radius 3 is 2.43 bits per heavy atom. The molecule has 0 bridgehead atoms. The molecule has 2 heterocycles. The number of carbonyl (C=O) groups excluding carboxylic acids is 1. The summed E-state index contributed by atoms with van der Waals surface area (Å²) in [6.07, 6.45) is 7.28. The summed E-state index contributed by atoms with van der Waals surface area (Å²) < 4.78 is 18.2. The van der Waals surface area contributed by atoms with Crippen LogP contribution < -0.4 is 4.90 Å². The molecular formula is C37H53N3O4. The lowest BCUT2D eigenvalue weighted by Crippen LogP contribution is -2.39. The zero-order valence-corrected chi connectivity index (χ0v) is 28.6. The zero-order chi connectivity index (χ0) is 32.7. The first-order valence-electron chi connectivity index (χ1n) is 15.8. The molecule has 0 saturated carbocycles. The number of benzene rings is 1. The summed E-state index contributed by atoms with van der Waals surface area (Å²) in [6.45, 7) is 26.3. The van der Waals surface area contributed by atoms with Gasteiger partial charge in [-0.1, -0.05) is 43.7 Å². The van der Waals surface area contributed by atoms with Gasteiger partial charge in [-0.3, -0.25) is 9.98 Å². The molecule has 7 nitrogen and oxygen atoms in total.